The minimum Gasteiger partial charge on any atom is -0.310 e. The summed E-state index contributed by atoms with van der Waals surface area (Å²) in [4.78, 5) is 2.02. The lowest BCUT2D eigenvalue weighted by Crippen LogP contribution is -2.10. The Morgan fingerprint density at radius 2 is 0.760 bits per heavy atom. The Balaban J connectivity index is 1.27. The maximum absolute atomic E-state index is 14.4. The summed E-state index contributed by atoms with van der Waals surface area (Å²) < 4.78 is 74.7. The summed E-state index contributed by atoms with van der Waals surface area (Å²) in [7, 11) is 0. The summed E-state index contributed by atoms with van der Waals surface area (Å²) in [5, 5.41) is 3.59. The van der Waals surface area contributed by atoms with Crippen LogP contribution in [0.2, 0.25) is 0 Å². The highest BCUT2D eigenvalue weighted by molar-refractivity contribution is 6.12. The van der Waals surface area contributed by atoms with E-state index < -0.39 is 23.3 Å². The normalized spacial score (nSPS) is 11.7. The SMILES string of the molecule is Fc1ccc(N(c2ccc3c(c2)c2ccccc2n3-c2ccc(F)c(F)c2)c2ccc3c(c2)c2ccccc2n3-c2ccc(F)c(F)c2)cc1. The van der Waals surface area contributed by atoms with Gasteiger partial charge in [-0.2, -0.15) is 0 Å². The monoisotopic (exact) mass is 665 g/mol. The molecule has 0 aliphatic heterocycles. The molecule has 0 atom stereocenters. The van der Waals surface area contributed by atoms with Gasteiger partial charge in [-0.1, -0.05) is 36.4 Å². The highest BCUT2D eigenvalue weighted by atomic mass is 19.2. The Bertz CT molecular complexity index is 2610. The summed E-state index contributed by atoms with van der Waals surface area (Å²) in [6.45, 7) is 0. The molecule has 0 bridgehead atoms. The van der Waals surface area contributed by atoms with E-state index in [1.165, 1.54) is 24.3 Å². The van der Waals surface area contributed by atoms with Gasteiger partial charge in [0, 0.05) is 62.1 Å². The van der Waals surface area contributed by atoms with Crippen LogP contribution in [-0.4, -0.2) is 9.13 Å². The zero-order chi connectivity index (χ0) is 34.1. The lowest BCUT2D eigenvalue weighted by molar-refractivity contribution is 0.508. The Morgan fingerprint density at radius 3 is 1.22 bits per heavy atom. The van der Waals surface area contributed by atoms with Gasteiger partial charge in [0.05, 0.1) is 22.1 Å². The molecule has 0 aliphatic carbocycles. The van der Waals surface area contributed by atoms with Crippen LogP contribution >= 0.6 is 0 Å². The van der Waals surface area contributed by atoms with E-state index in [1.807, 2.05) is 99.0 Å². The van der Waals surface area contributed by atoms with Crippen LogP contribution in [0.3, 0.4) is 0 Å². The van der Waals surface area contributed by atoms with Crippen LogP contribution in [0, 0.1) is 29.1 Å². The van der Waals surface area contributed by atoms with Crippen molar-refractivity contribution in [2.24, 2.45) is 0 Å². The molecule has 0 aliphatic rings. The number of rotatable bonds is 5. The van der Waals surface area contributed by atoms with Crippen molar-refractivity contribution in [1.29, 1.82) is 0 Å². The van der Waals surface area contributed by atoms with Crippen molar-refractivity contribution < 1.29 is 22.0 Å². The van der Waals surface area contributed by atoms with Crippen LogP contribution < -0.4 is 4.90 Å². The average molecular weight is 666 g/mol. The van der Waals surface area contributed by atoms with E-state index in [0.717, 1.165) is 67.1 Å². The second-order valence-corrected chi connectivity index (χ2v) is 12.1. The van der Waals surface area contributed by atoms with E-state index in [-0.39, 0.29) is 5.82 Å². The van der Waals surface area contributed by atoms with Crippen LogP contribution in [0.5, 0.6) is 0 Å². The van der Waals surface area contributed by atoms with Crippen LogP contribution in [0.1, 0.15) is 0 Å². The number of fused-ring (bicyclic) bond motifs is 6. The molecule has 50 heavy (non-hydrogen) atoms. The number of anilines is 3. The molecule has 0 unspecified atom stereocenters. The molecule has 0 radical (unpaired) electrons. The van der Waals surface area contributed by atoms with Gasteiger partial charge < -0.3 is 14.0 Å². The number of para-hydroxylation sites is 2. The molecule has 2 heterocycles. The van der Waals surface area contributed by atoms with Crippen molar-refractivity contribution >= 4 is 60.7 Å². The maximum Gasteiger partial charge on any atom is 0.160 e. The van der Waals surface area contributed by atoms with Crippen molar-refractivity contribution in [3.8, 4) is 11.4 Å². The van der Waals surface area contributed by atoms with Crippen molar-refractivity contribution in [3.63, 3.8) is 0 Å². The first-order chi connectivity index (χ1) is 24.4. The number of hydrogen-bond donors (Lipinski definition) is 0. The number of aromatic nitrogens is 2. The van der Waals surface area contributed by atoms with Crippen LogP contribution in [0.25, 0.3) is 55.0 Å². The quantitative estimate of drug-likeness (QED) is 0.167. The largest absolute Gasteiger partial charge is 0.310 e. The Hall–Kier alpha value is -6.41. The molecule has 0 N–H and O–H groups in total. The second kappa shape index (κ2) is 11.3. The molecular formula is C42H24F5N3. The lowest BCUT2D eigenvalue weighted by Gasteiger charge is -2.26. The number of hydrogen-bond acceptors (Lipinski definition) is 1. The van der Waals surface area contributed by atoms with Crippen LogP contribution in [0.15, 0.2) is 146 Å². The predicted molar refractivity (Wildman–Crippen MR) is 190 cm³/mol. The summed E-state index contributed by atoms with van der Waals surface area (Å²) in [6, 6.07) is 41.3. The first-order valence-electron chi connectivity index (χ1n) is 15.9. The first kappa shape index (κ1) is 29.7. The third kappa shape index (κ3) is 4.63. The van der Waals surface area contributed by atoms with Gasteiger partial charge in [0.25, 0.3) is 0 Å². The zero-order valence-corrected chi connectivity index (χ0v) is 26.1. The van der Waals surface area contributed by atoms with Crippen molar-refractivity contribution in [1.82, 2.24) is 9.13 Å². The minimum absolute atomic E-state index is 0.371. The summed E-state index contributed by atoms with van der Waals surface area (Å²) in [6.07, 6.45) is 0. The molecule has 9 aromatic rings. The number of nitrogens with zero attached hydrogens (tertiary/aromatic N) is 3. The van der Waals surface area contributed by atoms with E-state index in [1.54, 1.807) is 24.3 Å². The molecule has 8 heteroatoms. The molecule has 0 amide bonds. The van der Waals surface area contributed by atoms with Gasteiger partial charge in [-0.3, -0.25) is 0 Å². The summed E-state index contributed by atoms with van der Waals surface area (Å²) in [5.74, 6) is -4.08. The van der Waals surface area contributed by atoms with E-state index in [4.69, 9.17) is 0 Å². The molecule has 0 fully saturated rings. The Kier molecular flexibility index (Phi) is 6.74. The van der Waals surface area contributed by atoms with Gasteiger partial charge >= 0.3 is 0 Å². The van der Waals surface area contributed by atoms with Gasteiger partial charge in [-0.05, 0) is 97.1 Å². The lowest BCUT2D eigenvalue weighted by atomic mass is 10.1. The maximum atomic E-state index is 14.4. The summed E-state index contributed by atoms with van der Waals surface area (Å²) >= 11 is 0. The standard InChI is InChI=1S/C42H24F5N3/c43-25-9-11-26(12-10-25)48(27-15-19-41-33(21-27)31-5-1-3-7-39(31)49(41)29-13-17-35(44)37(46)23-29)28-16-20-42-34(22-28)32-6-2-4-8-40(32)50(42)30-14-18-36(45)38(47)24-30/h1-24H. The Labute approximate surface area is 282 Å². The zero-order valence-electron chi connectivity index (χ0n) is 26.1. The van der Waals surface area contributed by atoms with Gasteiger partial charge in [0.15, 0.2) is 23.3 Å². The van der Waals surface area contributed by atoms with E-state index in [0.29, 0.717) is 17.1 Å². The number of benzene rings is 7. The van der Waals surface area contributed by atoms with E-state index in [2.05, 4.69) is 0 Å². The molecule has 0 saturated heterocycles. The van der Waals surface area contributed by atoms with Crippen molar-refractivity contribution in [3.05, 3.63) is 175 Å². The van der Waals surface area contributed by atoms with Crippen molar-refractivity contribution in [2.75, 3.05) is 4.90 Å². The predicted octanol–water partition coefficient (Wildman–Crippen LogP) is 12.0. The molecule has 3 nitrogen and oxygen atoms in total. The van der Waals surface area contributed by atoms with Gasteiger partial charge in [0.1, 0.15) is 5.82 Å². The second-order valence-electron chi connectivity index (χ2n) is 12.1. The van der Waals surface area contributed by atoms with E-state index in [9.17, 15) is 22.0 Å². The fourth-order valence-electron chi connectivity index (χ4n) is 7.04. The first-order valence-corrected chi connectivity index (χ1v) is 15.9. The molecule has 242 valence electrons. The Morgan fingerprint density at radius 1 is 0.340 bits per heavy atom. The van der Waals surface area contributed by atoms with Crippen LogP contribution in [0.4, 0.5) is 39.0 Å². The molecule has 0 spiro atoms. The van der Waals surface area contributed by atoms with Crippen molar-refractivity contribution in [2.45, 2.75) is 0 Å². The summed E-state index contributed by atoms with van der Waals surface area (Å²) in [5.41, 5.74) is 6.48. The number of halogens is 5. The highest BCUT2D eigenvalue weighted by Crippen LogP contribution is 2.42. The fourth-order valence-corrected chi connectivity index (χ4v) is 7.04. The molecule has 9 rings (SSSR count). The van der Waals surface area contributed by atoms with E-state index >= 15 is 0 Å². The topological polar surface area (TPSA) is 13.1 Å². The third-order valence-electron chi connectivity index (χ3n) is 9.24. The highest BCUT2D eigenvalue weighted by Gasteiger charge is 2.20. The molecule has 2 aromatic heterocycles. The molecule has 0 saturated carbocycles. The van der Waals surface area contributed by atoms with Gasteiger partial charge in [0.2, 0.25) is 0 Å². The smallest absolute Gasteiger partial charge is 0.160 e. The minimum atomic E-state index is -0.936. The van der Waals surface area contributed by atoms with Crippen LogP contribution in [-0.2, 0) is 0 Å². The molecular weight excluding hydrogens is 641 g/mol. The van der Waals surface area contributed by atoms with Gasteiger partial charge in [-0.25, -0.2) is 22.0 Å². The average Bonchev–Trinajstić information content (AvgIpc) is 3.64. The molecule has 7 aromatic carbocycles. The fraction of sp³-hybridized carbons (Fsp3) is 0. The van der Waals surface area contributed by atoms with Gasteiger partial charge in [-0.15, -0.1) is 0 Å². The third-order valence-corrected chi connectivity index (χ3v) is 9.24.